The predicted molar refractivity (Wildman–Crippen MR) is 152 cm³/mol. The Hall–Kier alpha value is -5.17. The van der Waals surface area contributed by atoms with Gasteiger partial charge in [-0.25, -0.2) is 9.78 Å². The number of aromatic nitrogens is 2. The number of nitrogens with two attached hydrogens (primary N) is 2. The molecule has 4 aromatic rings. The van der Waals surface area contributed by atoms with Gasteiger partial charge in [0.2, 0.25) is 23.8 Å². The first-order valence-corrected chi connectivity index (χ1v) is 12.9. The number of nitrogens with one attached hydrogen (secondary N) is 1. The number of carbonyl (C=O) groups is 2. The quantitative estimate of drug-likeness (QED) is 0.199. The molecule has 13 heteroatoms. The van der Waals surface area contributed by atoms with Crippen molar-refractivity contribution in [3.63, 3.8) is 0 Å². The summed E-state index contributed by atoms with van der Waals surface area (Å²) in [5.41, 5.74) is 13.6. The fourth-order valence-corrected chi connectivity index (χ4v) is 4.25. The third-order valence-electron chi connectivity index (χ3n) is 6.38. The second-order valence-electron chi connectivity index (χ2n) is 9.41. The minimum absolute atomic E-state index is 0.0223. The first kappa shape index (κ1) is 30.8. The van der Waals surface area contributed by atoms with Crippen LogP contribution < -0.4 is 26.3 Å². The number of alkyl halides is 3. The molecule has 2 atom stereocenters. The molecule has 0 radical (unpaired) electrons. The van der Waals surface area contributed by atoms with Gasteiger partial charge in [-0.2, -0.15) is 18.2 Å². The topological polar surface area (TPSA) is 163 Å². The van der Waals surface area contributed by atoms with Crippen LogP contribution in [-0.4, -0.2) is 52.8 Å². The highest BCUT2D eigenvalue weighted by atomic mass is 19.4. The van der Waals surface area contributed by atoms with E-state index >= 15 is 0 Å². The summed E-state index contributed by atoms with van der Waals surface area (Å²) in [6, 6.07) is 19.3. The van der Waals surface area contributed by atoms with Gasteiger partial charge in [-0.1, -0.05) is 60.7 Å². The molecule has 0 saturated heterocycles. The number of rotatable bonds is 11. The van der Waals surface area contributed by atoms with Crippen molar-refractivity contribution in [2.45, 2.75) is 24.7 Å². The molecule has 4 rings (SSSR count). The highest BCUT2D eigenvalue weighted by molar-refractivity contribution is 5.84. The SMILES string of the molecule is COc1cccc(-c2ccc([C@@H](Oc3cc(-c4ccc(CC(NC(=O)CN)C(=O)O)cc4)nc(N)n3)C(F)(F)F)cc2)c1. The highest BCUT2D eigenvalue weighted by Crippen LogP contribution is 2.38. The number of carboxylic acids is 1. The standard InChI is InChI=1S/C30H28F3N5O5/c1-42-22-4-2-3-21(14-22)18-9-11-20(12-10-18)27(30(31,32)33)43-26-15-23(37-29(35)38-26)19-7-5-17(6-8-19)13-24(28(40)41)36-25(39)16-34/h2-12,14-15,24,27H,13,16,34H2,1H3,(H,36,39)(H,40,41)(H2,35,37,38)/t24?,27-/m1/s1. The van der Waals surface area contributed by atoms with Crippen LogP contribution in [0.25, 0.3) is 22.4 Å². The van der Waals surface area contributed by atoms with Crippen LogP contribution in [0, 0.1) is 0 Å². The average Bonchev–Trinajstić information content (AvgIpc) is 2.99. The van der Waals surface area contributed by atoms with Gasteiger partial charge in [0.1, 0.15) is 11.8 Å². The second-order valence-corrected chi connectivity index (χ2v) is 9.41. The monoisotopic (exact) mass is 595 g/mol. The number of methoxy groups -OCH3 is 1. The average molecular weight is 596 g/mol. The van der Waals surface area contributed by atoms with Gasteiger partial charge in [0, 0.05) is 23.6 Å². The Kier molecular flexibility index (Phi) is 9.46. The normalized spacial score (nSPS) is 12.7. The van der Waals surface area contributed by atoms with Gasteiger partial charge in [-0.15, -0.1) is 0 Å². The molecule has 0 aliphatic carbocycles. The molecule has 0 spiro atoms. The number of carbonyl (C=O) groups excluding carboxylic acids is 1. The largest absolute Gasteiger partial charge is 0.497 e. The molecular formula is C30H28F3N5O5. The number of hydrogen-bond donors (Lipinski definition) is 4. The Labute approximate surface area is 244 Å². The number of hydrogen-bond acceptors (Lipinski definition) is 8. The molecule has 0 saturated carbocycles. The molecule has 1 heterocycles. The van der Waals surface area contributed by atoms with Crippen LogP contribution in [0.4, 0.5) is 19.1 Å². The number of ether oxygens (including phenoxy) is 2. The van der Waals surface area contributed by atoms with Crippen molar-refractivity contribution < 1.29 is 37.3 Å². The van der Waals surface area contributed by atoms with E-state index in [1.807, 2.05) is 6.07 Å². The molecule has 224 valence electrons. The minimum Gasteiger partial charge on any atom is -0.497 e. The van der Waals surface area contributed by atoms with Crippen molar-refractivity contribution >= 4 is 17.8 Å². The maximum atomic E-state index is 14.2. The summed E-state index contributed by atoms with van der Waals surface area (Å²) < 4.78 is 53.0. The van der Waals surface area contributed by atoms with Crippen molar-refractivity contribution in [1.82, 2.24) is 15.3 Å². The molecule has 0 bridgehead atoms. The molecule has 0 aliphatic heterocycles. The number of amides is 1. The van der Waals surface area contributed by atoms with E-state index < -0.39 is 30.2 Å². The van der Waals surface area contributed by atoms with Crippen LogP contribution in [0.15, 0.2) is 78.9 Å². The third kappa shape index (κ3) is 7.98. The fourth-order valence-electron chi connectivity index (χ4n) is 4.25. The second kappa shape index (κ2) is 13.2. The molecule has 3 aromatic carbocycles. The van der Waals surface area contributed by atoms with Crippen molar-refractivity contribution in [3.8, 4) is 34.0 Å². The fraction of sp³-hybridized carbons (Fsp3) is 0.200. The van der Waals surface area contributed by atoms with Gasteiger partial charge in [0.05, 0.1) is 19.3 Å². The van der Waals surface area contributed by atoms with E-state index in [1.165, 1.54) is 25.3 Å². The predicted octanol–water partition coefficient (Wildman–Crippen LogP) is 4.15. The summed E-state index contributed by atoms with van der Waals surface area (Å²) >= 11 is 0. The molecule has 0 aliphatic rings. The lowest BCUT2D eigenvalue weighted by molar-refractivity contribution is -0.198. The number of benzene rings is 3. The maximum absolute atomic E-state index is 14.2. The van der Waals surface area contributed by atoms with Crippen molar-refractivity contribution in [2.75, 3.05) is 19.4 Å². The summed E-state index contributed by atoms with van der Waals surface area (Å²) in [5, 5.41) is 11.7. The zero-order chi connectivity index (χ0) is 31.1. The van der Waals surface area contributed by atoms with Crippen LogP contribution in [0.3, 0.4) is 0 Å². The number of aliphatic carboxylic acids is 1. The molecule has 43 heavy (non-hydrogen) atoms. The van der Waals surface area contributed by atoms with E-state index in [-0.39, 0.29) is 36.1 Å². The van der Waals surface area contributed by atoms with Crippen molar-refractivity contribution in [1.29, 1.82) is 0 Å². The Morgan fingerprint density at radius 2 is 1.63 bits per heavy atom. The Morgan fingerprint density at radius 1 is 0.953 bits per heavy atom. The minimum atomic E-state index is -4.78. The Morgan fingerprint density at radius 3 is 2.23 bits per heavy atom. The van der Waals surface area contributed by atoms with Crippen LogP contribution >= 0.6 is 0 Å². The van der Waals surface area contributed by atoms with Crippen LogP contribution in [0.1, 0.15) is 17.2 Å². The molecular weight excluding hydrogens is 567 g/mol. The lowest BCUT2D eigenvalue weighted by Crippen LogP contribution is -2.44. The Balaban J connectivity index is 1.55. The molecule has 1 aromatic heterocycles. The van der Waals surface area contributed by atoms with Gasteiger partial charge < -0.3 is 31.4 Å². The first-order valence-electron chi connectivity index (χ1n) is 12.9. The summed E-state index contributed by atoms with van der Waals surface area (Å²) in [5.74, 6) is -1.92. The summed E-state index contributed by atoms with van der Waals surface area (Å²) in [7, 11) is 1.53. The van der Waals surface area contributed by atoms with Gasteiger partial charge >= 0.3 is 12.1 Å². The molecule has 10 nitrogen and oxygen atoms in total. The maximum Gasteiger partial charge on any atom is 0.429 e. The van der Waals surface area contributed by atoms with E-state index in [1.54, 1.807) is 54.6 Å². The molecule has 1 amide bonds. The lowest BCUT2D eigenvalue weighted by Gasteiger charge is -2.22. The first-order chi connectivity index (χ1) is 20.5. The summed E-state index contributed by atoms with van der Waals surface area (Å²) in [6.45, 7) is -0.355. The number of halogens is 3. The Bertz CT molecular complexity index is 1580. The highest BCUT2D eigenvalue weighted by Gasteiger charge is 2.43. The number of nitrogen functional groups attached to an aromatic ring is 1. The van der Waals surface area contributed by atoms with Gasteiger partial charge in [-0.3, -0.25) is 4.79 Å². The van der Waals surface area contributed by atoms with E-state index in [0.717, 1.165) is 5.56 Å². The van der Waals surface area contributed by atoms with Gasteiger partial charge in [0.25, 0.3) is 0 Å². The zero-order valence-electron chi connectivity index (χ0n) is 22.8. The number of nitrogens with zero attached hydrogens (tertiary/aromatic N) is 2. The number of carboxylic acid groups (broad SMARTS) is 1. The van der Waals surface area contributed by atoms with Crippen molar-refractivity contribution in [3.05, 3.63) is 90.0 Å². The summed E-state index contributed by atoms with van der Waals surface area (Å²) in [6.07, 6.45) is -7.14. The lowest BCUT2D eigenvalue weighted by atomic mass is 10.0. The van der Waals surface area contributed by atoms with E-state index in [4.69, 9.17) is 20.9 Å². The van der Waals surface area contributed by atoms with Crippen LogP contribution in [0.5, 0.6) is 11.6 Å². The van der Waals surface area contributed by atoms with Crippen molar-refractivity contribution in [2.24, 2.45) is 5.73 Å². The number of anilines is 1. The molecule has 6 N–H and O–H groups in total. The van der Waals surface area contributed by atoms with Gasteiger partial charge in [0.15, 0.2) is 0 Å². The smallest absolute Gasteiger partial charge is 0.429 e. The molecule has 0 fully saturated rings. The van der Waals surface area contributed by atoms with Crippen LogP contribution in [0.2, 0.25) is 0 Å². The van der Waals surface area contributed by atoms with Crippen LogP contribution in [-0.2, 0) is 16.0 Å². The zero-order valence-corrected chi connectivity index (χ0v) is 22.8. The summed E-state index contributed by atoms with van der Waals surface area (Å²) in [4.78, 5) is 31.0. The van der Waals surface area contributed by atoms with E-state index in [9.17, 15) is 27.9 Å². The van der Waals surface area contributed by atoms with E-state index in [0.29, 0.717) is 22.4 Å². The van der Waals surface area contributed by atoms with Gasteiger partial charge in [-0.05, 0) is 28.8 Å². The third-order valence-corrected chi connectivity index (χ3v) is 6.38. The van der Waals surface area contributed by atoms with E-state index in [2.05, 4.69) is 15.3 Å². The molecule has 1 unspecified atom stereocenters.